The van der Waals surface area contributed by atoms with Gasteiger partial charge in [0.1, 0.15) is 5.69 Å². The van der Waals surface area contributed by atoms with E-state index in [1.807, 2.05) is 6.92 Å². The number of rotatable bonds is 8. The van der Waals surface area contributed by atoms with Crippen LogP contribution < -0.4 is 5.43 Å². The lowest BCUT2D eigenvalue weighted by Gasteiger charge is -2.18. The third kappa shape index (κ3) is 4.49. The first-order valence-electron chi connectivity index (χ1n) is 7.35. The van der Waals surface area contributed by atoms with Crippen LogP contribution >= 0.6 is 0 Å². The van der Waals surface area contributed by atoms with E-state index in [1.54, 1.807) is 20.8 Å². The average Bonchev–Trinajstić information content (AvgIpc) is 2.53. The van der Waals surface area contributed by atoms with Crippen LogP contribution in [0.5, 0.6) is 0 Å². The van der Waals surface area contributed by atoms with Gasteiger partial charge in [-0.2, -0.15) is 9.41 Å². The summed E-state index contributed by atoms with van der Waals surface area (Å²) < 4.78 is 26.1. The molecule has 0 spiro atoms. The Balaban J connectivity index is 3.31. The minimum atomic E-state index is -3.74. The van der Waals surface area contributed by atoms with E-state index in [0.29, 0.717) is 19.5 Å². The Morgan fingerprint density at radius 2 is 1.91 bits per heavy atom. The molecule has 0 atom stereocenters. The fourth-order valence-corrected chi connectivity index (χ4v) is 3.34. The van der Waals surface area contributed by atoms with Crippen LogP contribution in [0.25, 0.3) is 0 Å². The lowest BCUT2D eigenvalue weighted by Crippen LogP contribution is -2.30. The summed E-state index contributed by atoms with van der Waals surface area (Å²) in [5.41, 5.74) is 3.22. The van der Waals surface area contributed by atoms with Gasteiger partial charge in [0.15, 0.2) is 0 Å². The summed E-state index contributed by atoms with van der Waals surface area (Å²) in [6, 6.07) is 3.77. The van der Waals surface area contributed by atoms with Crippen LogP contribution in [0, 0.1) is 10.1 Å². The summed E-state index contributed by atoms with van der Waals surface area (Å²) in [4.78, 5) is 10.5. The van der Waals surface area contributed by atoms with Gasteiger partial charge in [-0.15, -0.1) is 0 Å². The quantitative estimate of drug-likeness (QED) is 0.444. The van der Waals surface area contributed by atoms with Gasteiger partial charge in [0.25, 0.3) is 5.69 Å². The number of sulfonamides is 1. The van der Waals surface area contributed by atoms with Crippen molar-refractivity contribution in [2.75, 3.05) is 18.5 Å². The number of hydrazone groups is 1. The van der Waals surface area contributed by atoms with Gasteiger partial charge in [0.2, 0.25) is 10.0 Å². The molecule has 0 aliphatic carbocycles. The van der Waals surface area contributed by atoms with Crippen LogP contribution in [-0.2, 0) is 10.0 Å². The monoisotopic (exact) mass is 342 g/mol. The Bertz CT molecular complexity index is 697. The van der Waals surface area contributed by atoms with Crippen LogP contribution in [0.3, 0.4) is 0 Å². The van der Waals surface area contributed by atoms with Crippen molar-refractivity contribution in [1.29, 1.82) is 0 Å². The molecular formula is C14H22N4O4S. The summed E-state index contributed by atoms with van der Waals surface area (Å²) in [5, 5.41) is 15.3. The molecule has 1 aromatic rings. The summed E-state index contributed by atoms with van der Waals surface area (Å²) >= 11 is 0. The molecule has 0 unspecified atom stereocenters. The highest BCUT2D eigenvalue weighted by atomic mass is 32.2. The van der Waals surface area contributed by atoms with E-state index in [9.17, 15) is 18.5 Å². The molecule has 0 saturated carbocycles. The van der Waals surface area contributed by atoms with Crippen molar-refractivity contribution in [1.82, 2.24) is 4.31 Å². The van der Waals surface area contributed by atoms with Gasteiger partial charge < -0.3 is 0 Å². The summed E-state index contributed by atoms with van der Waals surface area (Å²) in [6.45, 7) is 7.73. The second-order valence-corrected chi connectivity index (χ2v) is 6.78. The summed E-state index contributed by atoms with van der Waals surface area (Å²) in [7, 11) is -3.74. The second kappa shape index (κ2) is 8.02. The number of anilines is 1. The normalized spacial score (nSPS) is 12.5. The molecule has 0 radical (unpaired) electrons. The molecule has 0 heterocycles. The fourth-order valence-electron chi connectivity index (χ4n) is 1.86. The van der Waals surface area contributed by atoms with Crippen molar-refractivity contribution in [3.05, 3.63) is 28.3 Å². The van der Waals surface area contributed by atoms with Crippen LogP contribution in [0.2, 0.25) is 0 Å². The van der Waals surface area contributed by atoms with Gasteiger partial charge in [-0.25, -0.2) is 8.42 Å². The Hall–Kier alpha value is -2.00. The maximum atomic E-state index is 12.4. The van der Waals surface area contributed by atoms with E-state index in [0.717, 1.165) is 11.8 Å². The average molecular weight is 342 g/mol. The van der Waals surface area contributed by atoms with E-state index < -0.39 is 14.9 Å². The van der Waals surface area contributed by atoms with Crippen molar-refractivity contribution >= 4 is 27.1 Å². The minimum absolute atomic E-state index is 0.102. The fraction of sp³-hybridized carbons (Fsp3) is 0.500. The highest BCUT2D eigenvalue weighted by molar-refractivity contribution is 7.89. The SMILES string of the molecule is CC/C(C)=N\Nc1ccc(S(=O)(=O)N(CC)CC)cc1[N+](=O)[O-]. The van der Waals surface area contributed by atoms with Crippen molar-refractivity contribution in [3.63, 3.8) is 0 Å². The molecule has 0 bridgehead atoms. The number of hydrogen-bond acceptors (Lipinski definition) is 6. The van der Waals surface area contributed by atoms with E-state index >= 15 is 0 Å². The maximum absolute atomic E-state index is 12.4. The predicted molar refractivity (Wildman–Crippen MR) is 90.2 cm³/mol. The topological polar surface area (TPSA) is 105 Å². The minimum Gasteiger partial charge on any atom is -0.272 e. The van der Waals surface area contributed by atoms with Crippen LogP contribution in [0.15, 0.2) is 28.2 Å². The Labute approximate surface area is 136 Å². The highest BCUT2D eigenvalue weighted by Crippen LogP contribution is 2.29. The predicted octanol–water partition coefficient (Wildman–Crippen LogP) is 2.82. The number of benzene rings is 1. The lowest BCUT2D eigenvalue weighted by atomic mass is 10.3. The molecule has 128 valence electrons. The van der Waals surface area contributed by atoms with Crippen LogP contribution in [0.1, 0.15) is 34.1 Å². The van der Waals surface area contributed by atoms with Gasteiger partial charge in [-0.3, -0.25) is 15.5 Å². The van der Waals surface area contributed by atoms with Crippen molar-refractivity contribution in [2.45, 2.75) is 39.0 Å². The molecule has 0 saturated heterocycles. The zero-order valence-electron chi connectivity index (χ0n) is 13.7. The molecule has 8 nitrogen and oxygen atoms in total. The molecule has 0 aliphatic rings. The summed E-state index contributed by atoms with van der Waals surface area (Å²) in [5.74, 6) is 0. The first-order valence-corrected chi connectivity index (χ1v) is 8.79. The number of hydrogen-bond donors (Lipinski definition) is 1. The van der Waals surface area contributed by atoms with Crippen molar-refractivity contribution in [3.8, 4) is 0 Å². The first kappa shape index (κ1) is 19.0. The smallest absolute Gasteiger partial charge is 0.272 e. The number of nitrogens with one attached hydrogen (secondary N) is 1. The van der Waals surface area contributed by atoms with Crippen LogP contribution in [-0.4, -0.2) is 36.4 Å². The summed E-state index contributed by atoms with van der Waals surface area (Å²) in [6.07, 6.45) is 0.704. The third-order valence-corrected chi connectivity index (χ3v) is 5.43. The molecule has 0 fully saturated rings. The first-order chi connectivity index (χ1) is 10.8. The molecule has 0 amide bonds. The van der Waals surface area contributed by atoms with E-state index in [2.05, 4.69) is 10.5 Å². The van der Waals surface area contributed by atoms with Gasteiger partial charge in [-0.05, 0) is 25.5 Å². The molecule has 0 aliphatic heterocycles. The molecule has 1 N–H and O–H groups in total. The standard InChI is InChI=1S/C14H22N4O4S/c1-5-11(4)15-16-13-9-8-12(10-14(13)18(19)20)23(21,22)17(6-2)7-3/h8-10,16H,5-7H2,1-4H3/b15-11-. The van der Waals surface area contributed by atoms with Crippen molar-refractivity contribution in [2.24, 2.45) is 5.10 Å². The zero-order valence-corrected chi connectivity index (χ0v) is 14.6. The number of nitrogens with zero attached hydrogens (tertiary/aromatic N) is 3. The van der Waals surface area contributed by atoms with Crippen molar-refractivity contribution < 1.29 is 13.3 Å². The maximum Gasteiger partial charge on any atom is 0.295 e. The largest absolute Gasteiger partial charge is 0.295 e. The molecule has 23 heavy (non-hydrogen) atoms. The van der Waals surface area contributed by atoms with E-state index in [1.165, 1.54) is 16.4 Å². The number of nitro groups is 1. The van der Waals surface area contributed by atoms with Crippen LogP contribution in [0.4, 0.5) is 11.4 Å². The molecular weight excluding hydrogens is 320 g/mol. The zero-order chi connectivity index (χ0) is 17.6. The molecule has 9 heteroatoms. The molecule has 0 aromatic heterocycles. The number of nitro benzene ring substituents is 1. The Morgan fingerprint density at radius 3 is 2.39 bits per heavy atom. The second-order valence-electron chi connectivity index (χ2n) is 4.84. The highest BCUT2D eigenvalue weighted by Gasteiger charge is 2.25. The van der Waals surface area contributed by atoms with E-state index in [-0.39, 0.29) is 16.3 Å². The lowest BCUT2D eigenvalue weighted by molar-refractivity contribution is -0.384. The Kier molecular flexibility index (Phi) is 6.64. The Morgan fingerprint density at radius 1 is 1.30 bits per heavy atom. The molecule has 1 rings (SSSR count). The van der Waals surface area contributed by atoms with E-state index in [4.69, 9.17) is 0 Å². The van der Waals surface area contributed by atoms with Gasteiger partial charge in [-0.1, -0.05) is 20.8 Å². The van der Waals surface area contributed by atoms with Gasteiger partial charge >= 0.3 is 0 Å². The van der Waals surface area contributed by atoms with Gasteiger partial charge in [0.05, 0.1) is 9.82 Å². The molecule has 1 aromatic carbocycles. The third-order valence-electron chi connectivity index (χ3n) is 3.39. The van der Waals surface area contributed by atoms with Gasteiger partial charge in [0, 0.05) is 24.9 Å².